The van der Waals surface area contributed by atoms with Crippen molar-refractivity contribution in [2.75, 3.05) is 13.1 Å². The van der Waals surface area contributed by atoms with E-state index in [9.17, 15) is 18.0 Å². The number of ether oxygens (including phenoxy) is 1. The molecule has 0 unspecified atom stereocenters. The number of benzene rings is 2. The number of rotatable bonds is 10. The second kappa shape index (κ2) is 10.2. The van der Waals surface area contributed by atoms with Crippen LogP contribution in [0, 0.1) is 0 Å². The molecule has 0 atom stereocenters. The van der Waals surface area contributed by atoms with Gasteiger partial charge in [-0.05, 0) is 56.3 Å². The van der Waals surface area contributed by atoms with E-state index in [2.05, 4.69) is 10.1 Å². The Morgan fingerprint density at radius 2 is 1.65 bits per heavy atom. The molecule has 2 N–H and O–H groups in total. The van der Waals surface area contributed by atoms with Crippen LogP contribution in [0.2, 0.25) is 5.02 Å². The van der Waals surface area contributed by atoms with Gasteiger partial charge in [0.25, 0.3) is 5.89 Å². The third kappa shape index (κ3) is 5.90. The minimum Gasteiger partial charge on any atom is -0.489 e. The van der Waals surface area contributed by atoms with Crippen LogP contribution in [0.1, 0.15) is 13.8 Å². The Bertz CT molecular complexity index is 1290. The van der Waals surface area contributed by atoms with Crippen molar-refractivity contribution in [1.29, 1.82) is 0 Å². The van der Waals surface area contributed by atoms with Gasteiger partial charge >= 0.3 is 11.9 Å². The molecule has 0 fully saturated rings. The second-order valence-corrected chi connectivity index (χ2v) is 9.67. The van der Waals surface area contributed by atoms with Gasteiger partial charge in [0.2, 0.25) is 15.8 Å². The van der Waals surface area contributed by atoms with Crippen molar-refractivity contribution in [3.8, 4) is 28.6 Å². The van der Waals surface area contributed by atoms with Gasteiger partial charge in [0.1, 0.15) is 18.8 Å². The van der Waals surface area contributed by atoms with Crippen molar-refractivity contribution in [3.05, 3.63) is 47.5 Å². The van der Waals surface area contributed by atoms with Gasteiger partial charge in [-0.25, -0.2) is 8.42 Å². The predicted octanol–water partition coefficient (Wildman–Crippen LogP) is 3.00. The van der Waals surface area contributed by atoms with E-state index in [1.807, 2.05) is 13.8 Å². The van der Waals surface area contributed by atoms with E-state index in [1.165, 1.54) is 24.3 Å². The lowest BCUT2D eigenvalue weighted by Gasteiger charge is -2.18. The Hall–Kier alpha value is -3.48. The van der Waals surface area contributed by atoms with Gasteiger partial charge in [0, 0.05) is 11.1 Å². The number of halogens is 1. The summed E-state index contributed by atoms with van der Waals surface area (Å²) in [6, 6.07) is 10.2. The molecular formula is C21H20ClN3O8S. The number of carboxylic acids is 2. The molecule has 3 rings (SSSR count). The number of carboxylic acid groups (broad SMARTS) is 2. The van der Waals surface area contributed by atoms with Crippen LogP contribution < -0.4 is 4.74 Å². The topological polar surface area (TPSA) is 160 Å². The predicted molar refractivity (Wildman–Crippen MR) is 120 cm³/mol. The van der Waals surface area contributed by atoms with E-state index in [-0.39, 0.29) is 22.7 Å². The van der Waals surface area contributed by atoms with Crippen molar-refractivity contribution in [1.82, 2.24) is 14.4 Å². The average molecular weight is 510 g/mol. The zero-order chi connectivity index (χ0) is 25.0. The largest absolute Gasteiger partial charge is 0.489 e. The summed E-state index contributed by atoms with van der Waals surface area (Å²) in [6.07, 6.45) is -0.0488. The molecule has 0 spiro atoms. The molecule has 3 aromatic rings. The van der Waals surface area contributed by atoms with Crippen LogP contribution >= 0.6 is 11.6 Å². The minimum atomic E-state index is -4.37. The lowest BCUT2D eigenvalue weighted by Crippen LogP contribution is -2.39. The van der Waals surface area contributed by atoms with Crippen LogP contribution in [-0.4, -0.2) is 64.2 Å². The third-order valence-corrected chi connectivity index (χ3v) is 6.44. The van der Waals surface area contributed by atoms with Gasteiger partial charge in [0.15, 0.2) is 0 Å². The Balaban J connectivity index is 1.84. The molecule has 1 heterocycles. The van der Waals surface area contributed by atoms with Gasteiger partial charge in [0.05, 0.1) is 16.0 Å². The normalized spacial score (nSPS) is 11.7. The van der Waals surface area contributed by atoms with Crippen LogP contribution in [0.25, 0.3) is 22.8 Å². The molecule has 180 valence electrons. The number of sulfonamides is 1. The molecule has 0 aliphatic heterocycles. The summed E-state index contributed by atoms with van der Waals surface area (Å²) < 4.78 is 36.6. The number of nitrogens with zero attached hydrogens (tertiary/aromatic N) is 3. The van der Waals surface area contributed by atoms with Crippen molar-refractivity contribution < 1.29 is 37.5 Å². The average Bonchev–Trinajstić information content (AvgIpc) is 3.24. The number of hydrogen-bond acceptors (Lipinski definition) is 8. The Morgan fingerprint density at radius 3 is 2.18 bits per heavy atom. The van der Waals surface area contributed by atoms with E-state index in [4.69, 9.17) is 31.1 Å². The van der Waals surface area contributed by atoms with Gasteiger partial charge in [-0.2, -0.15) is 9.29 Å². The SMILES string of the molecule is CC(C)Oc1ccc(-c2noc(-c3ccc(S(=O)(=O)N(CC(=O)O)CC(=O)O)cc3)n2)cc1Cl. The van der Waals surface area contributed by atoms with E-state index in [1.54, 1.807) is 18.2 Å². The highest BCUT2D eigenvalue weighted by Crippen LogP contribution is 2.31. The summed E-state index contributed by atoms with van der Waals surface area (Å²) in [5.74, 6) is -2.10. The molecular weight excluding hydrogens is 490 g/mol. The molecule has 34 heavy (non-hydrogen) atoms. The molecule has 0 saturated heterocycles. The van der Waals surface area contributed by atoms with Gasteiger partial charge in [-0.3, -0.25) is 9.59 Å². The second-order valence-electron chi connectivity index (χ2n) is 7.32. The summed E-state index contributed by atoms with van der Waals surface area (Å²) in [5.41, 5.74) is 0.972. The first-order valence-corrected chi connectivity index (χ1v) is 11.6. The highest BCUT2D eigenvalue weighted by Gasteiger charge is 2.28. The van der Waals surface area contributed by atoms with Crippen LogP contribution in [0.3, 0.4) is 0 Å². The Morgan fingerprint density at radius 1 is 1.06 bits per heavy atom. The van der Waals surface area contributed by atoms with Crippen molar-refractivity contribution >= 4 is 33.6 Å². The number of carbonyl (C=O) groups is 2. The lowest BCUT2D eigenvalue weighted by atomic mass is 10.2. The number of hydrogen-bond donors (Lipinski definition) is 2. The summed E-state index contributed by atoms with van der Waals surface area (Å²) >= 11 is 6.25. The Kier molecular flexibility index (Phi) is 7.54. The zero-order valence-electron chi connectivity index (χ0n) is 18.0. The first-order chi connectivity index (χ1) is 16.0. The highest BCUT2D eigenvalue weighted by molar-refractivity contribution is 7.89. The van der Waals surface area contributed by atoms with Crippen LogP contribution in [-0.2, 0) is 19.6 Å². The maximum absolute atomic E-state index is 12.7. The van der Waals surface area contributed by atoms with Gasteiger partial charge < -0.3 is 19.5 Å². The summed E-state index contributed by atoms with van der Waals surface area (Å²) in [7, 11) is -4.37. The molecule has 0 amide bonds. The quantitative estimate of drug-likeness (QED) is 0.415. The monoisotopic (exact) mass is 509 g/mol. The van der Waals surface area contributed by atoms with Crippen LogP contribution in [0.15, 0.2) is 51.9 Å². The highest BCUT2D eigenvalue weighted by atomic mass is 35.5. The zero-order valence-corrected chi connectivity index (χ0v) is 19.6. The summed E-state index contributed by atoms with van der Waals surface area (Å²) in [4.78, 5) is 26.0. The van der Waals surface area contributed by atoms with Crippen molar-refractivity contribution in [2.24, 2.45) is 0 Å². The van der Waals surface area contributed by atoms with Crippen LogP contribution in [0.5, 0.6) is 5.75 Å². The fraction of sp³-hybridized carbons (Fsp3) is 0.238. The van der Waals surface area contributed by atoms with Crippen LogP contribution in [0.4, 0.5) is 0 Å². The van der Waals surface area contributed by atoms with Gasteiger partial charge in [-0.15, -0.1) is 0 Å². The standard InChI is InChI=1S/C21H20ClN3O8S/c1-12(2)32-17-8-5-14(9-16(17)22)20-23-21(33-24-20)13-3-6-15(7-4-13)34(30,31)25(10-18(26)27)11-19(28)29/h3-9,12H,10-11H2,1-2H3,(H,26,27)(H,28,29). The molecule has 0 bridgehead atoms. The molecule has 13 heteroatoms. The van der Waals surface area contributed by atoms with E-state index >= 15 is 0 Å². The number of aromatic nitrogens is 2. The minimum absolute atomic E-state index is 0.0488. The molecule has 0 radical (unpaired) electrons. The maximum Gasteiger partial charge on any atom is 0.318 e. The van der Waals surface area contributed by atoms with E-state index in [0.717, 1.165) is 0 Å². The van der Waals surface area contributed by atoms with Crippen molar-refractivity contribution in [3.63, 3.8) is 0 Å². The molecule has 0 saturated carbocycles. The first-order valence-electron chi connectivity index (χ1n) is 9.82. The Labute approximate surface area is 199 Å². The fourth-order valence-corrected chi connectivity index (χ4v) is 4.46. The summed E-state index contributed by atoms with van der Waals surface area (Å²) in [6.45, 7) is 1.77. The first kappa shape index (κ1) is 25.1. The third-order valence-electron chi connectivity index (χ3n) is 4.34. The van der Waals surface area contributed by atoms with Crippen molar-refractivity contribution in [2.45, 2.75) is 24.8 Å². The molecule has 2 aromatic carbocycles. The lowest BCUT2D eigenvalue weighted by molar-refractivity contribution is -0.139. The van der Waals surface area contributed by atoms with E-state index < -0.39 is 35.1 Å². The molecule has 0 aliphatic carbocycles. The van der Waals surface area contributed by atoms with E-state index in [0.29, 0.717) is 26.2 Å². The molecule has 0 aliphatic rings. The van der Waals surface area contributed by atoms with Gasteiger partial charge in [-0.1, -0.05) is 16.8 Å². The molecule has 1 aromatic heterocycles. The summed E-state index contributed by atoms with van der Waals surface area (Å²) in [5, 5.41) is 22.1. The maximum atomic E-state index is 12.7. The number of aliphatic carboxylic acids is 2. The fourth-order valence-electron chi connectivity index (χ4n) is 2.89. The smallest absolute Gasteiger partial charge is 0.318 e. The molecule has 11 nitrogen and oxygen atoms in total.